The van der Waals surface area contributed by atoms with Crippen molar-refractivity contribution < 1.29 is 9.53 Å². The summed E-state index contributed by atoms with van der Waals surface area (Å²) < 4.78 is 5.23. The quantitative estimate of drug-likeness (QED) is 0.844. The zero-order chi connectivity index (χ0) is 18.4. The summed E-state index contributed by atoms with van der Waals surface area (Å²) in [7, 11) is 1.65. The zero-order valence-electron chi connectivity index (χ0n) is 15.5. The van der Waals surface area contributed by atoms with Crippen molar-refractivity contribution >= 4 is 11.9 Å². The lowest BCUT2D eigenvalue weighted by Gasteiger charge is -2.20. The van der Waals surface area contributed by atoms with Crippen molar-refractivity contribution in [1.29, 1.82) is 0 Å². The Labute approximate surface area is 149 Å². The summed E-state index contributed by atoms with van der Waals surface area (Å²) in [6.07, 6.45) is 0.804. The fourth-order valence-electron chi connectivity index (χ4n) is 2.32. The predicted molar refractivity (Wildman–Crippen MR) is 99.2 cm³/mol. The number of anilines is 1. The van der Waals surface area contributed by atoms with Crippen molar-refractivity contribution in [3.63, 3.8) is 0 Å². The molecule has 0 fully saturated rings. The second-order valence-corrected chi connectivity index (χ2v) is 6.95. The molecule has 0 aliphatic rings. The van der Waals surface area contributed by atoms with Gasteiger partial charge in [-0.05, 0) is 57.9 Å². The van der Waals surface area contributed by atoms with Crippen molar-refractivity contribution in [2.24, 2.45) is 0 Å². The van der Waals surface area contributed by atoms with E-state index in [9.17, 15) is 4.79 Å². The minimum Gasteiger partial charge on any atom is -0.497 e. The lowest BCUT2D eigenvalue weighted by Crippen LogP contribution is -2.41. The molecule has 1 aromatic carbocycles. The van der Waals surface area contributed by atoms with Crippen LogP contribution in [-0.2, 0) is 6.42 Å². The van der Waals surface area contributed by atoms with E-state index in [0.717, 1.165) is 23.4 Å². The van der Waals surface area contributed by atoms with Crippen LogP contribution in [0.2, 0.25) is 0 Å². The molecule has 2 N–H and O–H groups in total. The maximum atomic E-state index is 12.3. The van der Waals surface area contributed by atoms with E-state index in [2.05, 4.69) is 20.6 Å². The maximum Gasteiger partial charge on any atom is 0.270 e. The van der Waals surface area contributed by atoms with Gasteiger partial charge in [0, 0.05) is 17.8 Å². The normalized spacial score (nSPS) is 11.1. The number of amides is 1. The van der Waals surface area contributed by atoms with Crippen LogP contribution in [0.15, 0.2) is 30.3 Å². The highest BCUT2D eigenvalue weighted by atomic mass is 16.5. The number of hydrogen-bond donors (Lipinski definition) is 2. The minimum absolute atomic E-state index is 0.200. The smallest absolute Gasteiger partial charge is 0.270 e. The van der Waals surface area contributed by atoms with Crippen molar-refractivity contribution in [2.75, 3.05) is 19.0 Å². The number of hydrogen-bond acceptors (Lipinski definition) is 5. The van der Waals surface area contributed by atoms with Crippen LogP contribution in [0.25, 0.3) is 0 Å². The molecule has 2 rings (SSSR count). The van der Waals surface area contributed by atoms with Crippen molar-refractivity contribution in [2.45, 2.75) is 39.7 Å². The first-order valence-corrected chi connectivity index (χ1v) is 8.32. The highest BCUT2D eigenvalue weighted by Gasteiger charge is 2.17. The van der Waals surface area contributed by atoms with E-state index < -0.39 is 0 Å². The monoisotopic (exact) mass is 342 g/mol. The van der Waals surface area contributed by atoms with E-state index in [-0.39, 0.29) is 11.4 Å². The van der Waals surface area contributed by atoms with Gasteiger partial charge in [-0.1, -0.05) is 12.1 Å². The third-order valence-corrected chi connectivity index (χ3v) is 3.41. The molecule has 0 radical (unpaired) electrons. The second kappa shape index (κ2) is 7.96. The molecule has 6 nitrogen and oxygen atoms in total. The molecule has 1 heterocycles. The van der Waals surface area contributed by atoms with E-state index in [1.807, 2.05) is 52.0 Å². The minimum atomic E-state index is -0.310. The Kier molecular flexibility index (Phi) is 5.96. The number of rotatable bonds is 6. The average molecular weight is 342 g/mol. The van der Waals surface area contributed by atoms with Crippen LogP contribution in [0.3, 0.4) is 0 Å². The number of carbonyl (C=O) groups excluding carboxylic acids is 1. The van der Waals surface area contributed by atoms with Gasteiger partial charge in [-0.3, -0.25) is 4.79 Å². The van der Waals surface area contributed by atoms with E-state index >= 15 is 0 Å². The van der Waals surface area contributed by atoms with Crippen LogP contribution in [0.4, 0.5) is 5.95 Å². The molecule has 0 spiro atoms. The third kappa shape index (κ3) is 6.06. The van der Waals surface area contributed by atoms with Crippen LogP contribution in [0, 0.1) is 6.92 Å². The molecule has 0 unspecified atom stereocenters. The summed E-state index contributed by atoms with van der Waals surface area (Å²) in [6.45, 7) is 8.32. The number of benzene rings is 1. The summed E-state index contributed by atoms with van der Waals surface area (Å²) in [5.41, 5.74) is 1.96. The fraction of sp³-hybridized carbons (Fsp3) is 0.421. The van der Waals surface area contributed by atoms with E-state index in [1.165, 1.54) is 0 Å². The van der Waals surface area contributed by atoms with Gasteiger partial charge in [0.25, 0.3) is 5.91 Å². The molecule has 0 saturated carbocycles. The molecule has 0 atom stereocenters. The number of aromatic nitrogens is 2. The Hall–Kier alpha value is -2.63. The highest BCUT2D eigenvalue weighted by Crippen LogP contribution is 2.13. The molecule has 6 heteroatoms. The summed E-state index contributed by atoms with van der Waals surface area (Å²) >= 11 is 0. The SMILES string of the molecule is COc1cccc(CCNc2nc(C)cc(C(=O)NC(C)(C)C)n2)c1. The van der Waals surface area contributed by atoms with E-state index in [4.69, 9.17) is 4.74 Å². The van der Waals surface area contributed by atoms with Gasteiger partial charge < -0.3 is 15.4 Å². The fourth-order valence-corrected chi connectivity index (χ4v) is 2.32. The number of methoxy groups -OCH3 is 1. The van der Waals surface area contributed by atoms with Gasteiger partial charge in [0.2, 0.25) is 5.95 Å². The van der Waals surface area contributed by atoms with Crippen LogP contribution in [0.5, 0.6) is 5.75 Å². The molecule has 0 aliphatic heterocycles. The summed E-state index contributed by atoms with van der Waals surface area (Å²) in [5, 5.41) is 6.10. The predicted octanol–water partition coefficient (Wildman–Crippen LogP) is 2.98. The Morgan fingerprint density at radius 2 is 1.96 bits per heavy atom. The highest BCUT2D eigenvalue weighted by molar-refractivity contribution is 5.93. The number of ether oxygens (including phenoxy) is 1. The van der Waals surface area contributed by atoms with Gasteiger partial charge in [-0.25, -0.2) is 9.97 Å². The molecule has 1 amide bonds. The van der Waals surface area contributed by atoms with Gasteiger partial charge >= 0.3 is 0 Å². The topological polar surface area (TPSA) is 76.1 Å². The van der Waals surface area contributed by atoms with E-state index in [0.29, 0.717) is 18.2 Å². The number of nitrogens with zero attached hydrogens (tertiary/aromatic N) is 2. The van der Waals surface area contributed by atoms with Crippen molar-refractivity contribution in [1.82, 2.24) is 15.3 Å². The Balaban J connectivity index is 2.01. The average Bonchev–Trinajstić information content (AvgIpc) is 2.53. The van der Waals surface area contributed by atoms with E-state index in [1.54, 1.807) is 13.2 Å². The molecule has 0 saturated heterocycles. The Morgan fingerprint density at radius 1 is 1.20 bits per heavy atom. The molecule has 134 valence electrons. The van der Waals surface area contributed by atoms with Crippen LogP contribution >= 0.6 is 0 Å². The van der Waals surface area contributed by atoms with Crippen LogP contribution in [-0.4, -0.2) is 35.1 Å². The van der Waals surface area contributed by atoms with Gasteiger partial charge in [0.1, 0.15) is 11.4 Å². The summed E-state index contributed by atoms with van der Waals surface area (Å²) in [4.78, 5) is 21.0. The first-order chi connectivity index (χ1) is 11.8. The third-order valence-electron chi connectivity index (χ3n) is 3.41. The molecule has 1 aromatic heterocycles. The molecule has 2 aromatic rings. The lowest BCUT2D eigenvalue weighted by atomic mass is 10.1. The maximum absolute atomic E-state index is 12.3. The lowest BCUT2D eigenvalue weighted by molar-refractivity contribution is 0.0914. The van der Waals surface area contributed by atoms with Gasteiger partial charge in [-0.2, -0.15) is 0 Å². The molecule has 25 heavy (non-hydrogen) atoms. The Morgan fingerprint density at radius 3 is 2.64 bits per heavy atom. The van der Waals surface area contributed by atoms with Crippen LogP contribution in [0.1, 0.15) is 42.5 Å². The van der Waals surface area contributed by atoms with Gasteiger partial charge in [0.05, 0.1) is 7.11 Å². The Bertz CT molecular complexity index is 738. The van der Waals surface area contributed by atoms with Crippen molar-refractivity contribution in [3.8, 4) is 5.75 Å². The zero-order valence-corrected chi connectivity index (χ0v) is 15.5. The standard InChI is InChI=1S/C19H26N4O2/c1-13-11-16(17(24)23-19(2,3)4)22-18(21-13)20-10-9-14-7-6-8-15(12-14)25-5/h6-8,11-12H,9-10H2,1-5H3,(H,23,24)(H,20,21,22). The second-order valence-electron chi connectivity index (χ2n) is 6.95. The summed E-state index contributed by atoms with van der Waals surface area (Å²) in [5.74, 6) is 1.10. The first kappa shape index (κ1) is 18.7. The van der Waals surface area contributed by atoms with Gasteiger partial charge in [0.15, 0.2) is 0 Å². The van der Waals surface area contributed by atoms with Crippen LogP contribution < -0.4 is 15.4 Å². The van der Waals surface area contributed by atoms with Gasteiger partial charge in [-0.15, -0.1) is 0 Å². The molecule has 0 bridgehead atoms. The van der Waals surface area contributed by atoms with Crippen molar-refractivity contribution in [3.05, 3.63) is 47.3 Å². The number of carbonyl (C=O) groups is 1. The largest absolute Gasteiger partial charge is 0.497 e. The molecular formula is C19H26N4O2. The molecular weight excluding hydrogens is 316 g/mol. The number of aryl methyl sites for hydroxylation is 1. The first-order valence-electron chi connectivity index (χ1n) is 8.32. The molecule has 0 aliphatic carbocycles. The summed E-state index contributed by atoms with van der Waals surface area (Å²) in [6, 6.07) is 9.62. The number of nitrogens with one attached hydrogen (secondary N) is 2.